The summed E-state index contributed by atoms with van der Waals surface area (Å²) in [6, 6.07) is 28.0. The zero-order valence-corrected chi connectivity index (χ0v) is 21.1. The van der Waals surface area contributed by atoms with Crippen molar-refractivity contribution < 1.29 is 9.31 Å². The van der Waals surface area contributed by atoms with Crippen molar-refractivity contribution in [3.63, 3.8) is 0 Å². The summed E-state index contributed by atoms with van der Waals surface area (Å²) in [5, 5.41) is 0. The van der Waals surface area contributed by atoms with Crippen LogP contribution in [-0.2, 0) is 9.31 Å². The van der Waals surface area contributed by atoms with E-state index in [-0.39, 0.29) is 18.3 Å². The predicted molar refractivity (Wildman–Crippen MR) is 140 cm³/mol. The molecular formula is C27H34BNO2S. The first-order valence-electron chi connectivity index (χ1n) is 11.1. The summed E-state index contributed by atoms with van der Waals surface area (Å²) in [6.07, 6.45) is 6.97. The molecule has 0 saturated carbocycles. The van der Waals surface area contributed by atoms with Crippen LogP contribution in [-0.4, -0.2) is 37.1 Å². The molecule has 1 fully saturated rings. The Morgan fingerprint density at radius 2 is 1.06 bits per heavy atom. The third-order valence-corrected chi connectivity index (χ3v) is 8.18. The molecule has 3 aromatic carbocycles. The Morgan fingerprint density at radius 1 is 0.625 bits per heavy atom. The molecule has 0 unspecified atom stereocenters. The Hall–Kier alpha value is -2.21. The van der Waals surface area contributed by atoms with Gasteiger partial charge in [-0.3, -0.25) is 0 Å². The number of nitrogens with zero attached hydrogens (tertiary/aromatic N) is 1. The first-order chi connectivity index (χ1) is 15.0. The summed E-state index contributed by atoms with van der Waals surface area (Å²) in [5.74, 6) is 0. The quantitative estimate of drug-likeness (QED) is 0.416. The monoisotopic (exact) mass is 447 g/mol. The van der Waals surface area contributed by atoms with Crippen molar-refractivity contribution in [1.29, 1.82) is 0 Å². The summed E-state index contributed by atoms with van der Waals surface area (Å²) < 4.78 is 12.5. The van der Waals surface area contributed by atoms with Crippen LogP contribution in [0, 0.1) is 0 Å². The number of benzene rings is 3. The maximum Gasteiger partial charge on any atom is 0.494 e. The Labute approximate surface area is 195 Å². The minimum atomic E-state index is -0.755. The third-order valence-electron chi connectivity index (χ3n) is 6.49. The molecule has 4 rings (SSSR count). The van der Waals surface area contributed by atoms with Gasteiger partial charge in [-0.1, -0.05) is 30.3 Å². The van der Waals surface area contributed by atoms with Gasteiger partial charge < -0.3 is 14.2 Å². The van der Waals surface area contributed by atoms with E-state index in [2.05, 4.69) is 130 Å². The molecule has 1 heterocycles. The summed E-state index contributed by atoms with van der Waals surface area (Å²) in [6.45, 7) is 8.34. The number of hydrogen-bond donors (Lipinski definition) is 0. The number of anilines is 3. The van der Waals surface area contributed by atoms with Crippen LogP contribution in [0.4, 0.5) is 17.1 Å². The lowest BCUT2D eigenvalue weighted by atomic mass is 9.79. The highest BCUT2D eigenvalue weighted by Gasteiger charge is 2.51. The molecule has 0 bridgehead atoms. The van der Waals surface area contributed by atoms with Crippen LogP contribution in [0.1, 0.15) is 27.7 Å². The highest BCUT2D eigenvalue weighted by atomic mass is 32.3. The van der Waals surface area contributed by atoms with Gasteiger partial charge in [-0.05, 0) is 105 Å². The Kier molecular flexibility index (Phi) is 5.95. The standard InChI is InChI=1S/C27H34BNO2S/c1-26(2)27(3,4)31-28(30-26)21-13-15-23(16-14-21)29(22-11-9-8-10-12-22)24-17-19-25(20-18-24)32(5,6)7/h8-20H,1-7H3. The van der Waals surface area contributed by atoms with Gasteiger partial charge in [-0.15, -0.1) is 0 Å². The zero-order valence-electron chi connectivity index (χ0n) is 20.3. The third kappa shape index (κ3) is 4.47. The molecule has 5 heteroatoms. The maximum atomic E-state index is 6.23. The highest BCUT2D eigenvalue weighted by Crippen LogP contribution is 2.46. The van der Waals surface area contributed by atoms with Crippen LogP contribution in [0.15, 0.2) is 83.8 Å². The maximum absolute atomic E-state index is 6.23. The first kappa shape index (κ1) is 23.0. The lowest BCUT2D eigenvalue weighted by molar-refractivity contribution is 0.00578. The largest absolute Gasteiger partial charge is 0.494 e. The molecule has 1 saturated heterocycles. The predicted octanol–water partition coefficient (Wildman–Crippen LogP) is 6.51. The molecule has 0 amide bonds. The van der Waals surface area contributed by atoms with Crippen LogP contribution in [0.25, 0.3) is 0 Å². The minimum absolute atomic E-state index is 0.344. The summed E-state index contributed by atoms with van der Waals surface area (Å²) in [5.41, 5.74) is 3.73. The Balaban J connectivity index is 1.67. The topological polar surface area (TPSA) is 21.7 Å². The molecule has 0 radical (unpaired) electrons. The fraction of sp³-hybridized carbons (Fsp3) is 0.333. The van der Waals surface area contributed by atoms with E-state index in [1.807, 2.05) is 0 Å². The van der Waals surface area contributed by atoms with E-state index in [1.54, 1.807) is 0 Å². The lowest BCUT2D eigenvalue weighted by Gasteiger charge is -2.32. The minimum Gasteiger partial charge on any atom is -0.399 e. The second-order valence-electron chi connectivity index (χ2n) is 10.2. The molecule has 0 aliphatic carbocycles. The van der Waals surface area contributed by atoms with Gasteiger partial charge in [0.15, 0.2) is 0 Å². The normalized spacial score (nSPS) is 17.9. The molecule has 1 aliphatic rings. The average Bonchev–Trinajstić information content (AvgIpc) is 2.96. The van der Waals surface area contributed by atoms with Gasteiger partial charge >= 0.3 is 7.12 Å². The second kappa shape index (κ2) is 8.29. The van der Waals surface area contributed by atoms with Gasteiger partial charge in [-0.25, -0.2) is 10.0 Å². The fourth-order valence-corrected chi connectivity index (χ4v) is 4.74. The SMILES string of the molecule is CC1(C)OB(c2ccc(N(c3ccccc3)c3ccc(S(C)(C)C)cc3)cc2)OC1(C)C. The van der Waals surface area contributed by atoms with Gasteiger partial charge in [-0.2, -0.15) is 0 Å². The molecular weight excluding hydrogens is 413 g/mol. The van der Waals surface area contributed by atoms with Gasteiger partial charge in [0.25, 0.3) is 0 Å². The molecule has 3 aromatic rings. The van der Waals surface area contributed by atoms with Gasteiger partial charge in [0, 0.05) is 17.1 Å². The molecule has 0 spiro atoms. The highest BCUT2D eigenvalue weighted by molar-refractivity contribution is 8.32. The van der Waals surface area contributed by atoms with Crippen molar-refractivity contribution in [2.24, 2.45) is 0 Å². The van der Waals surface area contributed by atoms with Crippen molar-refractivity contribution in [3.8, 4) is 0 Å². The van der Waals surface area contributed by atoms with E-state index < -0.39 is 10.0 Å². The number of rotatable bonds is 5. The molecule has 0 atom stereocenters. The van der Waals surface area contributed by atoms with Crippen molar-refractivity contribution >= 4 is 39.7 Å². The first-order valence-corrected chi connectivity index (χ1v) is 13.9. The van der Waals surface area contributed by atoms with Crippen molar-refractivity contribution in [1.82, 2.24) is 0 Å². The van der Waals surface area contributed by atoms with Crippen molar-refractivity contribution in [2.45, 2.75) is 43.8 Å². The van der Waals surface area contributed by atoms with Crippen LogP contribution < -0.4 is 10.4 Å². The number of hydrogen-bond acceptors (Lipinski definition) is 3. The van der Waals surface area contributed by atoms with E-state index in [4.69, 9.17) is 9.31 Å². The van der Waals surface area contributed by atoms with E-state index >= 15 is 0 Å². The molecule has 32 heavy (non-hydrogen) atoms. The van der Waals surface area contributed by atoms with E-state index in [1.165, 1.54) is 4.90 Å². The van der Waals surface area contributed by atoms with Crippen LogP contribution in [0.2, 0.25) is 0 Å². The molecule has 0 aromatic heterocycles. The molecule has 1 aliphatic heterocycles. The average molecular weight is 447 g/mol. The molecule has 3 nitrogen and oxygen atoms in total. The van der Waals surface area contributed by atoms with E-state index in [9.17, 15) is 0 Å². The van der Waals surface area contributed by atoms with Gasteiger partial charge in [0.2, 0.25) is 0 Å². The Bertz CT molecular complexity index is 1040. The summed E-state index contributed by atoms with van der Waals surface area (Å²) in [4.78, 5) is 3.70. The zero-order chi connectivity index (χ0) is 23.1. The second-order valence-corrected chi connectivity index (χ2v) is 14.3. The van der Waals surface area contributed by atoms with Crippen LogP contribution in [0.3, 0.4) is 0 Å². The van der Waals surface area contributed by atoms with Crippen LogP contribution in [0.5, 0.6) is 0 Å². The number of para-hydroxylation sites is 1. The van der Waals surface area contributed by atoms with E-state index in [0.717, 1.165) is 22.5 Å². The van der Waals surface area contributed by atoms with E-state index in [0.29, 0.717) is 0 Å². The van der Waals surface area contributed by atoms with Gasteiger partial charge in [0.1, 0.15) is 0 Å². The van der Waals surface area contributed by atoms with Crippen molar-refractivity contribution in [2.75, 3.05) is 23.7 Å². The fourth-order valence-electron chi connectivity index (χ4n) is 3.79. The Morgan fingerprint density at radius 3 is 1.53 bits per heavy atom. The smallest absolute Gasteiger partial charge is 0.399 e. The lowest BCUT2D eigenvalue weighted by Crippen LogP contribution is -2.41. The van der Waals surface area contributed by atoms with Crippen LogP contribution >= 0.6 is 10.0 Å². The van der Waals surface area contributed by atoms with Crippen molar-refractivity contribution in [3.05, 3.63) is 78.9 Å². The molecule has 168 valence electrons. The molecule has 0 N–H and O–H groups in total. The summed E-state index contributed by atoms with van der Waals surface area (Å²) >= 11 is 0. The summed E-state index contributed by atoms with van der Waals surface area (Å²) in [7, 11) is -1.11. The van der Waals surface area contributed by atoms with Gasteiger partial charge in [0.05, 0.1) is 11.2 Å².